The molecule has 2 aromatic carbocycles. The van der Waals surface area contributed by atoms with Gasteiger partial charge < -0.3 is 5.32 Å². The molecular formula is C15H12FN3O2. The summed E-state index contributed by atoms with van der Waals surface area (Å²) in [5.41, 5.74) is 1.29. The Morgan fingerprint density at radius 3 is 2.71 bits per heavy atom. The lowest BCUT2D eigenvalue weighted by Crippen LogP contribution is -2.07. The third-order valence-electron chi connectivity index (χ3n) is 3.04. The highest BCUT2D eigenvalue weighted by Gasteiger charge is 2.14. The first-order valence-corrected chi connectivity index (χ1v) is 6.22. The van der Waals surface area contributed by atoms with Crippen molar-refractivity contribution in [3.8, 4) is 6.07 Å². The molecule has 0 aromatic heterocycles. The third kappa shape index (κ3) is 3.34. The molecule has 0 saturated heterocycles. The largest absolute Gasteiger partial charge is 0.378 e. The van der Waals surface area contributed by atoms with Gasteiger partial charge in [0.25, 0.3) is 0 Å². The Kier molecular flexibility index (Phi) is 4.14. The summed E-state index contributed by atoms with van der Waals surface area (Å²) in [7, 11) is 0. The fourth-order valence-corrected chi connectivity index (χ4v) is 1.96. The van der Waals surface area contributed by atoms with Crippen molar-refractivity contribution in [2.45, 2.75) is 13.0 Å². The Labute approximate surface area is 120 Å². The summed E-state index contributed by atoms with van der Waals surface area (Å²) in [6.07, 6.45) is 0. The van der Waals surface area contributed by atoms with Gasteiger partial charge in [0, 0.05) is 23.9 Å². The van der Waals surface area contributed by atoms with Gasteiger partial charge in [-0.2, -0.15) is 9.65 Å². The molecule has 0 saturated carbocycles. The normalized spacial score (nSPS) is 11.5. The van der Waals surface area contributed by atoms with Crippen LogP contribution in [0.4, 0.5) is 15.8 Å². The Hall–Kier alpha value is -2.94. The summed E-state index contributed by atoms with van der Waals surface area (Å²) < 4.78 is 13.5. The summed E-state index contributed by atoms with van der Waals surface area (Å²) >= 11 is 0. The predicted molar refractivity (Wildman–Crippen MR) is 76.2 cm³/mol. The molecule has 0 radical (unpaired) electrons. The van der Waals surface area contributed by atoms with Crippen LogP contribution in [0.15, 0.2) is 42.5 Å². The van der Waals surface area contributed by atoms with Gasteiger partial charge in [-0.15, -0.1) is 0 Å². The first-order valence-electron chi connectivity index (χ1n) is 6.22. The number of nitro groups is 1. The number of benzene rings is 2. The lowest BCUT2D eigenvalue weighted by atomic mass is 10.1. The molecule has 0 aliphatic rings. The van der Waals surface area contributed by atoms with Crippen LogP contribution in [0.25, 0.3) is 0 Å². The van der Waals surface area contributed by atoms with Gasteiger partial charge in [-0.05, 0) is 30.7 Å². The van der Waals surface area contributed by atoms with E-state index in [1.165, 1.54) is 6.07 Å². The summed E-state index contributed by atoms with van der Waals surface area (Å²) in [5, 5.41) is 22.5. The first kappa shape index (κ1) is 14.5. The number of rotatable bonds is 4. The molecule has 1 N–H and O–H groups in total. The van der Waals surface area contributed by atoms with Crippen LogP contribution in [0.1, 0.15) is 24.1 Å². The maximum atomic E-state index is 13.5. The lowest BCUT2D eigenvalue weighted by molar-refractivity contribution is -0.387. The smallest absolute Gasteiger partial charge is 0.304 e. The number of anilines is 1. The Morgan fingerprint density at radius 2 is 2.10 bits per heavy atom. The summed E-state index contributed by atoms with van der Waals surface area (Å²) in [6.45, 7) is 1.86. The Balaban J connectivity index is 2.19. The van der Waals surface area contributed by atoms with Crippen LogP contribution in [0.5, 0.6) is 0 Å². The van der Waals surface area contributed by atoms with Gasteiger partial charge in [-0.1, -0.05) is 12.1 Å². The molecule has 2 rings (SSSR count). The zero-order valence-electron chi connectivity index (χ0n) is 11.2. The van der Waals surface area contributed by atoms with E-state index in [1.807, 2.05) is 13.0 Å². The van der Waals surface area contributed by atoms with Crippen LogP contribution in [0.2, 0.25) is 0 Å². The highest BCUT2D eigenvalue weighted by Crippen LogP contribution is 2.24. The third-order valence-corrected chi connectivity index (χ3v) is 3.04. The monoisotopic (exact) mass is 285 g/mol. The second-order valence-electron chi connectivity index (χ2n) is 4.53. The average Bonchev–Trinajstić information content (AvgIpc) is 2.47. The van der Waals surface area contributed by atoms with Crippen molar-refractivity contribution in [3.63, 3.8) is 0 Å². The van der Waals surface area contributed by atoms with E-state index in [0.717, 1.165) is 17.7 Å². The second-order valence-corrected chi connectivity index (χ2v) is 4.53. The van der Waals surface area contributed by atoms with Gasteiger partial charge in [-0.25, -0.2) is 0 Å². The van der Waals surface area contributed by atoms with E-state index in [1.54, 1.807) is 18.2 Å². The molecule has 0 spiro atoms. The van der Waals surface area contributed by atoms with Crippen LogP contribution >= 0.6 is 0 Å². The summed E-state index contributed by atoms with van der Waals surface area (Å²) in [6, 6.07) is 12.6. The molecule has 0 heterocycles. The van der Waals surface area contributed by atoms with Gasteiger partial charge in [-0.3, -0.25) is 10.1 Å². The van der Waals surface area contributed by atoms with Crippen molar-refractivity contribution in [3.05, 3.63) is 69.5 Å². The maximum absolute atomic E-state index is 13.5. The zero-order valence-corrected chi connectivity index (χ0v) is 11.2. The van der Waals surface area contributed by atoms with E-state index < -0.39 is 16.4 Å². The Bertz CT molecular complexity index is 725. The quantitative estimate of drug-likeness (QED) is 0.685. The van der Waals surface area contributed by atoms with Crippen molar-refractivity contribution >= 4 is 11.4 Å². The number of hydrogen-bond acceptors (Lipinski definition) is 4. The van der Waals surface area contributed by atoms with Crippen molar-refractivity contribution in [2.24, 2.45) is 0 Å². The molecule has 106 valence electrons. The van der Waals surface area contributed by atoms with Gasteiger partial charge in [0.15, 0.2) is 0 Å². The summed E-state index contributed by atoms with van der Waals surface area (Å²) in [4.78, 5) is 9.80. The number of nitro benzene ring substituents is 1. The van der Waals surface area contributed by atoms with Gasteiger partial charge in [0.2, 0.25) is 5.82 Å². The predicted octanol–water partition coefficient (Wildman–Crippen LogP) is 3.78. The van der Waals surface area contributed by atoms with E-state index in [-0.39, 0.29) is 6.04 Å². The Morgan fingerprint density at radius 1 is 1.33 bits per heavy atom. The van der Waals surface area contributed by atoms with Crippen LogP contribution < -0.4 is 5.32 Å². The van der Waals surface area contributed by atoms with E-state index in [2.05, 4.69) is 11.4 Å². The van der Waals surface area contributed by atoms with Crippen LogP contribution in [0, 0.1) is 27.3 Å². The lowest BCUT2D eigenvalue weighted by Gasteiger charge is -2.16. The van der Waals surface area contributed by atoms with Gasteiger partial charge in [0.1, 0.15) is 0 Å². The fourth-order valence-electron chi connectivity index (χ4n) is 1.96. The SMILES string of the molecule is CC(Nc1ccc([N+](=O)[O-])c(F)c1)c1cccc(C#N)c1. The minimum atomic E-state index is -0.886. The molecule has 0 aliphatic carbocycles. The number of nitrogens with one attached hydrogen (secondary N) is 1. The van der Waals surface area contributed by atoms with E-state index in [0.29, 0.717) is 11.3 Å². The number of halogens is 1. The minimum Gasteiger partial charge on any atom is -0.378 e. The van der Waals surface area contributed by atoms with Crippen molar-refractivity contribution < 1.29 is 9.31 Å². The standard InChI is InChI=1S/C15H12FN3O2/c1-10(12-4-2-3-11(7-12)9-17)18-13-5-6-15(19(20)21)14(16)8-13/h2-8,10,18H,1H3. The fraction of sp³-hybridized carbons (Fsp3) is 0.133. The first-order chi connectivity index (χ1) is 10.0. The molecule has 6 heteroatoms. The summed E-state index contributed by atoms with van der Waals surface area (Å²) in [5.74, 6) is -0.886. The molecule has 0 aliphatic heterocycles. The maximum Gasteiger partial charge on any atom is 0.304 e. The minimum absolute atomic E-state index is 0.167. The van der Waals surface area contributed by atoms with Crippen LogP contribution in [-0.2, 0) is 0 Å². The molecule has 5 nitrogen and oxygen atoms in total. The van der Waals surface area contributed by atoms with Crippen molar-refractivity contribution in [2.75, 3.05) is 5.32 Å². The van der Waals surface area contributed by atoms with Crippen LogP contribution in [-0.4, -0.2) is 4.92 Å². The molecule has 1 atom stereocenters. The average molecular weight is 285 g/mol. The van der Waals surface area contributed by atoms with E-state index in [9.17, 15) is 14.5 Å². The van der Waals surface area contributed by atoms with Gasteiger partial charge >= 0.3 is 5.69 Å². The number of nitriles is 1. The van der Waals surface area contributed by atoms with Crippen LogP contribution in [0.3, 0.4) is 0 Å². The van der Waals surface area contributed by atoms with Crippen molar-refractivity contribution in [1.82, 2.24) is 0 Å². The van der Waals surface area contributed by atoms with Crippen molar-refractivity contribution in [1.29, 1.82) is 5.26 Å². The molecule has 0 bridgehead atoms. The second kappa shape index (κ2) is 6.01. The van der Waals surface area contributed by atoms with E-state index >= 15 is 0 Å². The molecule has 0 amide bonds. The topological polar surface area (TPSA) is 79.0 Å². The molecule has 0 fully saturated rings. The molecular weight excluding hydrogens is 273 g/mol. The van der Waals surface area contributed by atoms with Gasteiger partial charge in [0.05, 0.1) is 16.6 Å². The number of hydrogen-bond donors (Lipinski definition) is 1. The highest BCUT2D eigenvalue weighted by atomic mass is 19.1. The molecule has 2 aromatic rings. The highest BCUT2D eigenvalue weighted by molar-refractivity contribution is 5.51. The zero-order chi connectivity index (χ0) is 15.4. The molecule has 1 unspecified atom stereocenters. The molecule has 21 heavy (non-hydrogen) atoms. The number of nitrogens with zero attached hydrogens (tertiary/aromatic N) is 2. The van der Waals surface area contributed by atoms with E-state index in [4.69, 9.17) is 5.26 Å².